The van der Waals surface area contributed by atoms with Gasteiger partial charge in [-0.05, 0) is 38.6 Å². The smallest absolute Gasteiger partial charge is 0.224 e. The minimum Gasteiger partial charge on any atom is -0.343 e. The van der Waals surface area contributed by atoms with Gasteiger partial charge in [0, 0.05) is 38.1 Å². The number of likely N-dealkylation sites (N-methyl/N-ethyl adjacent to an activating group) is 1. The Morgan fingerprint density at radius 3 is 2.60 bits per heavy atom. The molecular formula is C16H31N3O. The van der Waals surface area contributed by atoms with Crippen LogP contribution in [0.5, 0.6) is 0 Å². The van der Waals surface area contributed by atoms with E-state index in [0.717, 1.165) is 31.8 Å². The third-order valence-corrected chi connectivity index (χ3v) is 5.20. The van der Waals surface area contributed by atoms with Crippen LogP contribution in [0.3, 0.4) is 0 Å². The molecule has 2 rings (SSSR count). The molecule has 4 nitrogen and oxygen atoms in total. The van der Waals surface area contributed by atoms with Crippen LogP contribution in [0.2, 0.25) is 0 Å². The van der Waals surface area contributed by atoms with E-state index in [-0.39, 0.29) is 6.04 Å². The molecule has 0 bridgehead atoms. The molecule has 3 atom stereocenters. The molecule has 0 radical (unpaired) electrons. The number of carbonyl (C=O) groups is 1. The van der Waals surface area contributed by atoms with Crippen LogP contribution < -0.4 is 5.73 Å². The molecular weight excluding hydrogens is 250 g/mol. The first-order chi connectivity index (χ1) is 9.61. The first-order valence-corrected chi connectivity index (χ1v) is 8.31. The van der Waals surface area contributed by atoms with Crippen molar-refractivity contribution in [1.82, 2.24) is 9.80 Å². The largest absolute Gasteiger partial charge is 0.343 e. The number of nitrogens with zero attached hydrogens (tertiary/aromatic N) is 2. The molecule has 1 aliphatic carbocycles. The summed E-state index contributed by atoms with van der Waals surface area (Å²) in [5.74, 6) is 1.11. The topological polar surface area (TPSA) is 49.6 Å². The Balaban J connectivity index is 1.87. The fraction of sp³-hybridized carbons (Fsp3) is 0.938. The lowest BCUT2D eigenvalue weighted by Crippen LogP contribution is -2.48. The van der Waals surface area contributed by atoms with Crippen LogP contribution in [0.15, 0.2) is 0 Å². The Kier molecular flexibility index (Phi) is 5.85. The molecule has 2 fully saturated rings. The van der Waals surface area contributed by atoms with Gasteiger partial charge in [-0.3, -0.25) is 9.69 Å². The Labute approximate surface area is 123 Å². The molecule has 0 spiro atoms. The van der Waals surface area contributed by atoms with Crippen molar-refractivity contribution in [2.24, 2.45) is 11.7 Å². The summed E-state index contributed by atoms with van der Waals surface area (Å²) in [6, 6.07) is 0.817. The second kappa shape index (κ2) is 7.41. The van der Waals surface area contributed by atoms with E-state index in [2.05, 4.69) is 18.9 Å². The summed E-state index contributed by atoms with van der Waals surface area (Å²) in [5, 5.41) is 0. The zero-order chi connectivity index (χ0) is 14.5. The van der Waals surface area contributed by atoms with Crippen molar-refractivity contribution in [3.8, 4) is 0 Å². The quantitative estimate of drug-likeness (QED) is 0.836. The number of rotatable bonds is 5. The monoisotopic (exact) mass is 281 g/mol. The third kappa shape index (κ3) is 3.95. The van der Waals surface area contributed by atoms with Gasteiger partial charge in [-0.25, -0.2) is 0 Å². The highest BCUT2D eigenvalue weighted by atomic mass is 16.2. The van der Waals surface area contributed by atoms with Crippen LogP contribution in [0.25, 0.3) is 0 Å². The third-order valence-electron chi connectivity index (χ3n) is 5.20. The molecule has 4 heteroatoms. The van der Waals surface area contributed by atoms with E-state index >= 15 is 0 Å². The van der Waals surface area contributed by atoms with E-state index in [9.17, 15) is 4.79 Å². The van der Waals surface area contributed by atoms with E-state index in [1.54, 1.807) is 0 Å². The van der Waals surface area contributed by atoms with E-state index < -0.39 is 0 Å². The molecule has 1 saturated heterocycles. The number of likely N-dealkylation sites (tertiary alicyclic amines) is 1. The number of hydrogen-bond acceptors (Lipinski definition) is 3. The number of hydrogen-bond donors (Lipinski definition) is 1. The van der Waals surface area contributed by atoms with Crippen LogP contribution in [0.4, 0.5) is 0 Å². The minimum absolute atomic E-state index is 0.207. The Bertz CT molecular complexity index is 315. The molecule has 1 amide bonds. The van der Waals surface area contributed by atoms with Crippen molar-refractivity contribution >= 4 is 5.91 Å². The first-order valence-electron chi connectivity index (χ1n) is 8.31. The summed E-state index contributed by atoms with van der Waals surface area (Å²) < 4.78 is 0. The summed E-state index contributed by atoms with van der Waals surface area (Å²) in [4.78, 5) is 16.7. The Morgan fingerprint density at radius 1 is 1.30 bits per heavy atom. The molecule has 2 N–H and O–H groups in total. The molecule has 1 saturated carbocycles. The first kappa shape index (κ1) is 15.8. The number of nitrogens with two attached hydrogens (primary N) is 1. The molecule has 0 aromatic carbocycles. The zero-order valence-corrected chi connectivity index (χ0v) is 13.2. The molecule has 0 aromatic heterocycles. The molecule has 2 aliphatic rings. The lowest BCUT2D eigenvalue weighted by molar-refractivity contribution is -0.131. The fourth-order valence-electron chi connectivity index (χ4n) is 3.76. The van der Waals surface area contributed by atoms with Crippen LogP contribution in [-0.4, -0.2) is 54.5 Å². The lowest BCUT2D eigenvalue weighted by Gasteiger charge is -2.38. The molecule has 1 aliphatic heterocycles. The van der Waals surface area contributed by atoms with Gasteiger partial charge >= 0.3 is 0 Å². The molecule has 3 unspecified atom stereocenters. The van der Waals surface area contributed by atoms with Crippen LogP contribution in [-0.2, 0) is 4.79 Å². The van der Waals surface area contributed by atoms with Gasteiger partial charge in [-0.2, -0.15) is 0 Å². The van der Waals surface area contributed by atoms with Gasteiger partial charge < -0.3 is 10.6 Å². The summed E-state index contributed by atoms with van der Waals surface area (Å²) in [6.07, 6.45) is 8.10. The minimum atomic E-state index is 0.207. The van der Waals surface area contributed by atoms with Crippen molar-refractivity contribution < 1.29 is 4.79 Å². The SMILES string of the molecule is CC1CCCC(N(C)C(CN)CC(=O)N2CCCC2)C1. The fourth-order valence-corrected chi connectivity index (χ4v) is 3.76. The van der Waals surface area contributed by atoms with E-state index in [0.29, 0.717) is 24.9 Å². The predicted molar refractivity (Wildman–Crippen MR) is 82.5 cm³/mol. The summed E-state index contributed by atoms with van der Waals surface area (Å²) >= 11 is 0. The number of carbonyl (C=O) groups excluding carboxylic acids is 1. The van der Waals surface area contributed by atoms with E-state index in [1.165, 1.54) is 25.7 Å². The maximum Gasteiger partial charge on any atom is 0.224 e. The van der Waals surface area contributed by atoms with Gasteiger partial charge in [-0.15, -0.1) is 0 Å². The summed E-state index contributed by atoms with van der Waals surface area (Å²) in [5.41, 5.74) is 5.95. The van der Waals surface area contributed by atoms with Gasteiger partial charge in [0.05, 0.1) is 0 Å². The average molecular weight is 281 g/mol. The van der Waals surface area contributed by atoms with Crippen molar-refractivity contribution in [1.29, 1.82) is 0 Å². The van der Waals surface area contributed by atoms with Gasteiger partial charge in [-0.1, -0.05) is 19.8 Å². The van der Waals surface area contributed by atoms with Crippen LogP contribution >= 0.6 is 0 Å². The normalized spacial score (nSPS) is 28.9. The van der Waals surface area contributed by atoms with Gasteiger partial charge in [0.25, 0.3) is 0 Å². The standard InChI is InChI=1S/C16H31N3O/c1-13-6-5-7-14(10-13)18(2)15(12-17)11-16(20)19-8-3-4-9-19/h13-15H,3-12,17H2,1-2H3. The molecule has 1 heterocycles. The maximum absolute atomic E-state index is 12.3. The summed E-state index contributed by atoms with van der Waals surface area (Å²) in [6.45, 7) is 4.81. The lowest BCUT2D eigenvalue weighted by atomic mass is 9.85. The maximum atomic E-state index is 12.3. The van der Waals surface area contributed by atoms with Gasteiger partial charge in [0.15, 0.2) is 0 Å². The number of amides is 1. The van der Waals surface area contributed by atoms with E-state index in [1.807, 2.05) is 4.90 Å². The van der Waals surface area contributed by atoms with Crippen LogP contribution in [0, 0.1) is 5.92 Å². The second-order valence-electron chi connectivity index (χ2n) is 6.77. The average Bonchev–Trinajstić information content (AvgIpc) is 2.98. The van der Waals surface area contributed by atoms with Gasteiger partial charge in [0.1, 0.15) is 0 Å². The zero-order valence-electron chi connectivity index (χ0n) is 13.2. The molecule has 0 aromatic rings. The second-order valence-corrected chi connectivity index (χ2v) is 6.77. The highest BCUT2D eigenvalue weighted by Crippen LogP contribution is 2.28. The Morgan fingerprint density at radius 2 is 2.00 bits per heavy atom. The summed E-state index contributed by atoms with van der Waals surface area (Å²) in [7, 11) is 2.16. The highest BCUT2D eigenvalue weighted by molar-refractivity contribution is 5.77. The molecule has 116 valence electrons. The van der Waals surface area contributed by atoms with Crippen molar-refractivity contribution in [3.63, 3.8) is 0 Å². The van der Waals surface area contributed by atoms with E-state index in [4.69, 9.17) is 5.73 Å². The van der Waals surface area contributed by atoms with Crippen molar-refractivity contribution in [2.45, 2.75) is 64.0 Å². The predicted octanol–water partition coefficient (Wildman–Crippen LogP) is 1.84. The van der Waals surface area contributed by atoms with Gasteiger partial charge in [0.2, 0.25) is 5.91 Å². The highest BCUT2D eigenvalue weighted by Gasteiger charge is 2.29. The Hall–Kier alpha value is -0.610. The van der Waals surface area contributed by atoms with Crippen molar-refractivity contribution in [3.05, 3.63) is 0 Å². The van der Waals surface area contributed by atoms with Crippen molar-refractivity contribution in [2.75, 3.05) is 26.7 Å². The van der Waals surface area contributed by atoms with Crippen LogP contribution in [0.1, 0.15) is 51.9 Å². The molecule has 20 heavy (non-hydrogen) atoms.